The fourth-order valence-corrected chi connectivity index (χ4v) is 1.54. The number of ether oxygens (including phenoxy) is 1. The van der Waals surface area contributed by atoms with Crippen molar-refractivity contribution in [3.05, 3.63) is 12.7 Å². The first kappa shape index (κ1) is 13.3. The predicted octanol–water partition coefficient (Wildman–Crippen LogP) is 0.0104. The maximum absolute atomic E-state index is 5.69. The Morgan fingerprint density at radius 1 is 1.35 bits per heavy atom. The van der Waals surface area contributed by atoms with Gasteiger partial charge in [0.2, 0.25) is 0 Å². The van der Waals surface area contributed by atoms with Crippen LogP contribution in [0.2, 0.25) is 0 Å². The number of hydrogen-bond donors (Lipinski definition) is 1. The lowest BCUT2D eigenvalue weighted by atomic mass is 10.4. The summed E-state index contributed by atoms with van der Waals surface area (Å²) in [5.74, 6) is 0.425. The molecule has 94 valence electrons. The van der Waals surface area contributed by atoms with Crippen LogP contribution in [0.4, 0.5) is 5.82 Å². The summed E-state index contributed by atoms with van der Waals surface area (Å²) in [4.78, 5) is 12.3. The molecule has 7 heteroatoms. The zero-order valence-corrected chi connectivity index (χ0v) is 9.76. The van der Waals surface area contributed by atoms with Crippen LogP contribution in [0.1, 0.15) is 13.3 Å². The molecular formula is C10H17N5O2. The minimum absolute atomic E-state index is 0. The van der Waals surface area contributed by atoms with E-state index in [0.717, 1.165) is 31.8 Å². The van der Waals surface area contributed by atoms with Gasteiger partial charge in [0.15, 0.2) is 11.5 Å². The van der Waals surface area contributed by atoms with Crippen LogP contribution in [0.15, 0.2) is 12.7 Å². The first-order chi connectivity index (χ1) is 7.83. The summed E-state index contributed by atoms with van der Waals surface area (Å²) in [7, 11) is 0. The Morgan fingerprint density at radius 3 is 2.94 bits per heavy atom. The predicted molar refractivity (Wildman–Crippen MR) is 64.5 cm³/mol. The molecule has 0 amide bonds. The number of nitrogens with zero attached hydrogens (tertiary/aromatic N) is 4. The lowest BCUT2D eigenvalue weighted by Gasteiger charge is -2.03. The Morgan fingerprint density at radius 2 is 2.18 bits per heavy atom. The summed E-state index contributed by atoms with van der Waals surface area (Å²) >= 11 is 0. The van der Waals surface area contributed by atoms with Crippen molar-refractivity contribution < 1.29 is 10.2 Å². The van der Waals surface area contributed by atoms with Crippen molar-refractivity contribution in [1.82, 2.24) is 19.5 Å². The van der Waals surface area contributed by atoms with Gasteiger partial charge in [0.25, 0.3) is 0 Å². The highest BCUT2D eigenvalue weighted by Gasteiger charge is 2.06. The fraction of sp³-hybridized carbons (Fsp3) is 0.500. The highest BCUT2D eigenvalue weighted by atomic mass is 16.5. The summed E-state index contributed by atoms with van der Waals surface area (Å²) in [5, 5.41) is 0. The van der Waals surface area contributed by atoms with E-state index in [4.69, 9.17) is 10.5 Å². The molecule has 0 saturated heterocycles. The molecule has 2 heterocycles. The number of nitrogen functional groups attached to an aromatic ring is 1. The minimum atomic E-state index is 0. The van der Waals surface area contributed by atoms with Gasteiger partial charge in [-0.05, 0) is 13.3 Å². The van der Waals surface area contributed by atoms with Crippen LogP contribution in [0.3, 0.4) is 0 Å². The Balaban J connectivity index is 0.00000144. The lowest BCUT2D eigenvalue weighted by molar-refractivity contribution is 0.142. The monoisotopic (exact) mass is 239 g/mol. The van der Waals surface area contributed by atoms with E-state index in [1.54, 1.807) is 6.33 Å². The highest BCUT2D eigenvalue weighted by Crippen LogP contribution is 2.14. The SMILES string of the molecule is CCOCCCn1cnc2c(N)ncnc21.O. The summed E-state index contributed by atoms with van der Waals surface area (Å²) in [6.07, 6.45) is 4.13. The van der Waals surface area contributed by atoms with Crippen LogP contribution in [-0.4, -0.2) is 38.2 Å². The highest BCUT2D eigenvalue weighted by molar-refractivity contribution is 5.80. The number of rotatable bonds is 5. The van der Waals surface area contributed by atoms with Gasteiger partial charge in [0.05, 0.1) is 6.33 Å². The molecule has 0 radical (unpaired) electrons. The Bertz CT molecular complexity index is 471. The fourth-order valence-electron chi connectivity index (χ4n) is 1.54. The minimum Gasteiger partial charge on any atom is -0.412 e. The Kier molecular flexibility index (Phi) is 4.80. The van der Waals surface area contributed by atoms with Crippen LogP contribution < -0.4 is 5.73 Å². The summed E-state index contributed by atoms with van der Waals surface area (Å²) in [6, 6.07) is 0. The van der Waals surface area contributed by atoms with Crippen molar-refractivity contribution in [1.29, 1.82) is 0 Å². The van der Waals surface area contributed by atoms with Gasteiger partial charge in [-0.1, -0.05) is 0 Å². The van der Waals surface area contributed by atoms with E-state index < -0.39 is 0 Å². The maximum Gasteiger partial charge on any atom is 0.165 e. The van der Waals surface area contributed by atoms with E-state index in [1.807, 2.05) is 11.5 Å². The third-order valence-corrected chi connectivity index (χ3v) is 2.32. The maximum atomic E-state index is 5.69. The van der Waals surface area contributed by atoms with Crippen LogP contribution >= 0.6 is 0 Å². The van der Waals surface area contributed by atoms with Gasteiger partial charge >= 0.3 is 0 Å². The van der Waals surface area contributed by atoms with Gasteiger partial charge in [0.1, 0.15) is 11.8 Å². The van der Waals surface area contributed by atoms with Crippen molar-refractivity contribution in [3.8, 4) is 0 Å². The first-order valence-corrected chi connectivity index (χ1v) is 5.32. The molecule has 0 bridgehead atoms. The number of nitrogens with two attached hydrogens (primary N) is 1. The summed E-state index contributed by atoms with van der Waals surface area (Å²) < 4.78 is 7.24. The largest absolute Gasteiger partial charge is 0.412 e. The van der Waals surface area contributed by atoms with Crippen molar-refractivity contribution in [2.75, 3.05) is 18.9 Å². The summed E-state index contributed by atoms with van der Waals surface area (Å²) in [6.45, 7) is 4.31. The number of fused-ring (bicyclic) bond motifs is 1. The van der Waals surface area contributed by atoms with Gasteiger partial charge in [0, 0.05) is 19.8 Å². The normalized spacial score (nSPS) is 10.4. The molecule has 0 aliphatic heterocycles. The van der Waals surface area contributed by atoms with Gasteiger partial charge in [-0.2, -0.15) is 0 Å². The third kappa shape index (κ3) is 2.89. The average Bonchev–Trinajstić information content (AvgIpc) is 2.70. The molecule has 7 nitrogen and oxygen atoms in total. The Hall–Kier alpha value is -1.73. The second kappa shape index (κ2) is 6.12. The molecule has 2 rings (SSSR count). The van der Waals surface area contributed by atoms with Gasteiger partial charge in [-0.25, -0.2) is 15.0 Å². The summed E-state index contributed by atoms with van der Waals surface area (Å²) in [5.41, 5.74) is 7.14. The van der Waals surface area contributed by atoms with Crippen LogP contribution in [0, 0.1) is 0 Å². The molecule has 0 spiro atoms. The van der Waals surface area contributed by atoms with E-state index in [0.29, 0.717) is 11.3 Å². The topological polar surface area (TPSA) is 110 Å². The number of hydrogen-bond acceptors (Lipinski definition) is 5. The van der Waals surface area contributed by atoms with E-state index in [9.17, 15) is 0 Å². The quantitative estimate of drug-likeness (QED) is 0.739. The molecule has 0 saturated carbocycles. The molecule has 17 heavy (non-hydrogen) atoms. The molecule has 0 aliphatic rings. The smallest absolute Gasteiger partial charge is 0.165 e. The van der Waals surface area contributed by atoms with Crippen molar-refractivity contribution >= 4 is 17.0 Å². The molecule has 2 aromatic heterocycles. The molecule has 0 fully saturated rings. The molecule has 0 atom stereocenters. The van der Waals surface area contributed by atoms with E-state index in [-0.39, 0.29) is 5.48 Å². The molecule has 0 aromatic carbocycles. The van der Waals surface area contributed by atoms with Crippen molar-refractivity contribution in [2.45, 2.75) is 19.9 Å². The van der Waals surface area contributed by atoms with E-state index >= 15 is 0 Å². The second-order valence-electron chi connectivity index (χ2n) is 3.42. The van der Waals surface area contributed by atoms with Gasteiger partial charge in [-0.15, -0.1) is 0 Å². The number of aromatic nitrogens is 4. The molecule has 0 aliphatic carbocycles. The van der Waals surface area contributed by atoms with Gasteiger partial charge in [-0.3, -0.25) is 0 Å². The second-order valence-corrected chi connectivity index (χ2v) is 3.42. The zero-order chi connectivity index (χ0) is 11.4. The van der Waals surface area contributed by atoms with Crippen LogP contribution in [0.25, 0.3) is 11.2 Å². The van der Waals surface area contributed by atoms with E-state index in [1.165, 1.54) is 6.33 Å². The van der Waals surface area contributed by atoms with Crippen molar-refractivity contribution in [3.63, 3.8) is 0 Å². The average molecular weight is 239 g/mol. The molecule has 0 unspecified atom stereocenters. The van der Waals surface area contributed by atoms with Crippen molar-refractivity contribution in [2.24, 2.45) is 0 Å². The number of imidazole rings is 1. The standard InChI is InChI=1S/C10H15N5O.H2O/c1-2-16-5-3-4-15-7-14-8-9(11)12-6-13-10(8)15;/h6-7H,2-5H2,1H3,(H2,11,12,13);1H2. The van der Waals surface area contributed by atoms with Gasteiger partial charge < -0.3 is 20.5 Å². The Labute approximate surface area is 99.0 Å². The molecule has 2 aromatic rings. The van der Waals surface area contributed by atoms with E-state index in [2.05, 4.69) is 15.0 Å². The third-order valence-electron chi connectivity index (χ3n) is 2.32. The number of aryl methyl sites for hydroxylation is 1. The number of anilines is 1. The molecule has 4 N–H and O–H groups in total. The lowest BCUT2D eigenvalue weighted by Crippen LogP contribution is -2.03. The van der Waals surface area contributed by atoms with Crippen LogP contribution in [0.5, 0.6) is 0 Å². The zero-order valence-electron chi connectivity index (χ0n) is 9.76. The molecular weight excluding hydrogens is 222 g/mol. The van der Waals surface area contributed by atoms with Crippen LogP contribution in [-0.2, 0) is 11.3 Å². The first-order valence-electron chi connectivity index (χ1n) is 5.32.